The van der Waals surface area contributed by atoms with E-state index in [4.69, 9.17) is 37.4 Å². The second kappa shape index (κ2) is 15.4. The fourth-order valence-corrected chi connectivity index (χ4v) is 5.16. The molecule has 1 heterocycles. The Morgan fingerprint density at radius 2 is 1.70 bits per heavy atom. The molecule has 11 nitrogen and oxygen atoms in total. The second-order valence-corrected chi connectivity index (χ2v) is 12.2. The molecular weight excluding hydrogens is 649 g/mol. The summed E-state index contributed by atoms with van der Waals surface area (Å²) < 4.78 is 73.1. The molecule has 3 aromatic rings. The van der Waals surface area contributed by atoms with Crippen LogP contribution in [0.3, 0.4) is 0 Å². The van der Waals surface area contributed by atoms with Gasteiger partial charge in [0.2, 0.25) is 10.0 Å². The summed E-state index contributed by atoms with van der Waals surface area (Å²) in [6.45, 7) is -3.56. The van der Waals surface area contributed by atoms with Crippen LogP contribution in [-0.2, 0) is 30.7 Å². The second-order valence-electron chi connectivity index (χ2n) is 9.46. The highest BCUT2D eigenvalue weighted by Gasteiger charge is 2.26. The van der Waals surface area contributed by atoms with E-state index < -0.39 is 41.3 Å². The van der Waals surface area contributed by atoms with Gasteiger partial charge in [0, 0.05) is 12.0 Å². The standard InChI is InChI=1S/C28H26Cl2F2N2O8S.H2O/c1-33-43(37,38)19-7-4-17(5-8-19)27(36)40-15-26(35)41-24(11-20-21(29)12-34-13-22(20)30)18-6-9-23(42-28(31)32)25(10-18)39-14-16-2-3-16;/h4-10,12-13,16,24,28,33H,2-3,11,14-15H2,1H3;1H2/t24-;/m0./s1. The van der Waals surface area contributed by atoms with Crippen molar-refractivity contribution in [3.8, 4) is 11.5 Å². The third-order valence-electron chi connectivity index (χ3n) is 6.38. The maximum Gasteiger partial charge on any atom is 0.387 e. The van der Waals surface area contributed by atoms with Gasteiger partial charge in [-0.2, -0.15) is 8.78 Å². The maximum atomic E-state index is 13.0. The fraction of sp³-hybridized carbons (Fsp3) is 0.321. The number of hydrogen-bond donors (Lipinski definition) is 1. The van der Waals surface area contributed by atoms with E-state index in [1.165, 1.54) is 61.9 Å². The lowest BCUT2D eigenvalue weighted by atomic mass is 10.0. The van der Waals surface area contributed by atoms with Crippen molar-refractivity contribution in [1.29, 1.82) is 0 Å². The molecule has 0 amide bonds. The number of H-pyrrole nitrogens is 1. The summed E-state index contributed by atoms with van der Waals surface area (Å²) in [4.78, 5) is 28.1. The van der Waals surface area contributed by atoms with Crippen molar-refractivity contribution >= 4 is 45.2 Å². The Hall–Kier alpha value is -3.56. The first-order valence-corrected chi connectivity index (χ1v) is 15.2. The Bertz CT molecular complexity index is 1550. The van der Waals surface area contributed by atoms with Crippen molar-refractivity contribution < 1.29 is 56.2 Å². The SMILES string of the molecule is CNS(=O)(=O)c1ccc(C(=O)OCC(=O)O[C@@H](Cc2c(Cl)c[nH+]cc2Cl)c2ccc(OC(F)F)c(OCC3CC3)c2)cc1.[OH-]. The predicted molar refractivity (Wildman–Crippen MR) is 152 cm³/mol. The summed E-state index contributed by atoms with van der Waals surface area (Å²) in [6.07, 6.45) is 3.82. The Kier molecular flexibility index (Phi) is 12.3. The summed E-state index contributed by atoms with van der Waals surface area (Å²) in [5, 5.41) is 0.512. The molecule has 1 fully saturated rings. The molecule has 1 saturated carbocycles. The number of carbonyl (C=O) groups excluding carboxylic acids is 2. The molecule has 1 atom stereocenters. The molecule has 1 aromatic heterocycles. The van der Waals surface area contributed by atoms with E-state index in [0.717, 1.165) is 12.8 Å². The molecule has 44 heavy (non-hydrogen) atoms. The topological polar surface area (TPSA) is 161 Å². The average molecular weight is 678 g/mol. The van der Waals surface area contributed by atoms with Crippen molar-refractivity contribution in [1.82, 2.24) is 4.72 Å². The third kappa shape index (κ3) is 9.47. The number of alkyl halides is 2. The van der Waals surface area contributed by atoms with Gasteiger partial charge in [0.25, 0.3) is 0 Å². The molecule has 0 spiro atoms. The number of carbonyl (C=O) groups is 2. The Morgan fingerprint density at radius 1 is 1.05 bits per heavy atom. The van der Waals surface area contributed by atoms with Crippen LogP contribution >= 0.6 is 23.2 Å². The van der Waals surface area contributed by atoms with Crippen LogP contribution in [0.5, 0.6) is 11.5 Å². The molecule has 0 unspecified atom stereocenters. The molecule has 1 aliphatic rings. The average Bonchev–Trinajstić information content (AvgIpc) is 3.81. The number of halogens is 4. The molecule has 2 aromatic carbocycles. The number of sulfonamides is 1. The largest absolute Gasteiger partial charge is 0.870 e. The van der Waals surface area contributed by atoms with E-state index >= 15 is 0 Å². The molecule has 3 N–H and O–H groups in total. The zero-order chi connectivity index (χ0) is 31.1. The molecule has 238 valence electrons. The lowest BCUT2D eigenvalue weighted by molar-refractivity contribution is -0.377. The van der Waals surface area contributed by atoms with Gasteiger partial charge in [-0.3, -0.25) is 0 Å². The molecule has 0 saturated heterocycles. The molecule has 1 aliphatic carbocycles. The number of rotatable bonds is 14. The minimum atomic E-state index is -3.71. The molecule has 4 rings (SSSR count). The third-order valence-corrected chi connectivity index (χ3v) is 8.48. The highest BCUT2D eigenvalue weighted by Crippen LogP contribution is 2.37. The normalized spacial score (nSPS) is 13.5. The van der Waals surface area contributed by atoms with E-state index in [1.807, 2.05) is 0 Å². The summed E-state index contributed by atoms with van der Waals surface area (Å²) in [5.41, 5.74) is 0.792. The predicted octanol–water partition coefficient (Wildman–Crippen LogP) is 4.61. The lowest BCUT2D eigenvalue weighted by Gasteiger charge is -2.21. The van der Waals surface area contributed by atoms with E-state index in [1.54, 1.807) is 0 Å². The van der Waals surface area contributed by atoms with Crippen molar-refractivity contribution in [2.45, 2.75) is 36.9 Å². The summed E-state index contributed by atoms with van der Waals surface area (Å²) in [7, 11) is -2.45. The summed E-state index contributed by atoms with van der Waals surface area (Å²) >= 11 is 12.7. The van der Waals surface area contributed by atoms with Gasteiger partial charge in [-0.05, 0) is 67.8 Å². The van der Waals surface area contributed by atoms with Crippen LogP contribution in [0.15, 0.2) is 59.8 Å². The minimum Gasteiger partial charge on any atom is -0.870 e. The van der Waals surface area contributed by atoms with Gasteiger partial charge in [0.15, 0.2) is 30.5 Å². The number of ether oxygens (including phenoxy) is 4. The lowest BCUT2D eigenvalue weighted by Crippen LogP contribution is -2.21. The van der Waals surface area contributed by atoms with Crippen molar-refractivity contribution in [3.05, 3.63) is 81.6 Å². The van der Waals surface area contributed by atoms with Crippen LogP contribution in [-0.4, -0.2) is 52.7 Å². The van der Waals surface area contributed by atoms with E-state index in [0.29, 0.717) is 23.7 Å². The van der Waals surface area contributed by atoms with E-state index in [-0.39, 0.29) is 43.9 Å². The van der Waals surface area contributed by atoms with Gasteiger partial charge >= 0.3 is 18.6 Å². The Balaban J connectivity index is 0.00000529. The van der Waals surface area contributed by atoms with Crippen molar-refractivity contribution in [2.24, 2.45) is 5.92 Å². The highest BCUT2D eigenvalue weighted by molar-refractivity contribution is 7.89. The monoisotopic (exact) mass is 676 g/mol. The number of benzene rings is 2. The first-order chi connectivity index (χ1) is 20.5. The number of aromatic amines is 1. The molecule has 0 radical (unpaired) electrons. The molecule has 0 bridgehead atoms. The van der Waals surface area contributed by atoms with Crippen LogP contribution < -0.4 is 19.2 Å². The summed E-state index contributed by atoms with van der Waals surface area (Å²) in [5.74, 6) is -1.66. The van der Waals surface area contributed by atoms with E-state index in [9.17, 15) is 26.8 Å². The van der Waals surface area contributed by atoms with Crippen LogP contribution in [0, 0.1) is 5.92 Å². The van der Waals surface area contributed by atoms with Gasteiger partial charge < -0.3 is 24.4 Å². The Labute approximate surface area is 261 Å². The minimum absolute atomic E-state index is 0. The first kappa shape index (κ1) is 34.9. The van der Waals surface area contributed by atoms with Gasteiger partial charge in [-0.25, -0.2) is 27.7 Å². The van der Waals surface area contributed by atoms with E-state index in [2.05, 4.69) is 14.4 Å². The van der Waals surface area contributed by atoms with Crippen molar-refractivity contribution in [2.75, 3.05) is 20.3 Å². The fourth-order valence-electron chi connectivity index (χ4n) is 3.90. The number of aromatic nitrogens is 1. The van der Waals surface area contributed by atoms with Crippen LogP contribution in [0.25, 0.3) is 0 Å². The zero-order valence-electron chi connectivity index (χ0n) is 23.1. The number of esters is 2. The number of nitrogens with one attached hydrogen (secondary N) is 2. The summed E-state index contributed by atoms with van der Waals surface area (Å²) in [6, 6.07) is 9.06. The number of hydrogen-bond acceptors (Lipinski definition) is 9. The Morgan fingerprint density at radius 3 is 2.30 bits per heavy atom. The quantitative estimate of drug-likeness (QED) is 0.240. The highest BCUT2D eigenvalue weighted by atomic mass is 35.5. The van der Waals surface area contributed by atoms with Gasteiger partial charge in [-0.1, -0.05) is 29.3 Å². The van der Waals surface area contributed by atoms with Gasteiger partial charge in [0.1, 0.15) is 16.1 Å². The maximum absolute atomic E-state index is 13.0. The van der Waals surface area contributed by atoms with Crippen LogP contribution in [0.2, 0.25) is 10.0 Å². The van der Waals surface area contributed by atoms with Crippen LogP contribution in [0.1, 0.15) is 40.4 Å². The van der Waals surface area contributed by atoms with Gasteiger partial charge in [-0.15, -0.1) is 0 Å². The smallest absolute Gasteiger partial charge is 0.387 e. The van der Waals surface area contributed by atoms with Gasteiger partial charge in [0.05, 0.1) is 17.1 Å². The van der Waals surface area contributed by atoms with Crippen molar-refractivity contribution in [3.63, 3.8) is 0 Å². The first-order valence-electron chi connectivity index (χ1n) is 12.9. The van der Waals surface area contributed by atoms with Crippen LogP contribution in [0.4, 0.5) is 8.78 Å². The molecule has 16 heteroatoms. The molecular formula is C28H28Cl2F2N2O9S. The zero-order valence-corrected chi connectivity index (χ0v) is 25.4. The molecule has 0 aliphatic heterocycles. The number of pyridine rings is 1.